The van der Waals surface area contributed by atoms with E-state index in [0.29, 0.717) is 0 Å². The molecular weight excluding hydrogens is 610 g/mol. The Bertz CT molecular complexity index is 2580. The average Bonchev–Trinajstić information content (AvgIpc) is 3.55. The molecule has 0 bridgehead atoms. The van der Waals surface area contributed by atoms with Crippen LogP contribution in [0.4, 0.5) is 0 Å². The van der Waals surface area contributed by atoms with E-state index in [0.717, 1.165) is 43.8 Å². The Kier molecular flexibility index (Phi) is 6.64. The third-order valence-corrected chi connectivity index (χ3v) is 13.4. The van der Waals surface area contributed by atoms with Crippen LogP contribution in [0.3, 0.4) is 0 Å². The van der Waals surface area contributed by atoms with Crippen molar-refractivity contribution < 1.29 is 4.57 Å². The number of hydrogen-bond acceptors (Lipinski definition) is 3. The Labute approximate surface area is 277 Å². The van der Waals surface area contributed by atoms with Crippen LogP contribution in [-0.2, 0) is 4.57 Å². The Hall–Kier alpha value is -5.34. The lowest BCUT2D eigenvalue weighted by Gasteiger charge is -2.20. The van der Waals surface area contributed by atoms with Gasteiger partial charge in [0.05, 0.1) is 15.9 Å². The second-order valence-electron chi connectivity index (χ2n) is 11.9. The van der Waals surface area contributed by atoms with Crippen molar-refractivity contribution in [3.63, 3.8) is 0 Å². The molecule has 0 saturated heterocycles. The van der Waals surface area contributed by atoms with Crippen molar-refractivity contribution >= 4 is 76.2 Å². The predicted molar refractivity (Wildman–Crippen MR) is 202 cm³/mol. The van der Waals surface area contributed by atoms with Gasteiger partial charge in [-0.15, -0.1) is 11.3 Å². The molecule has 0 radical (unpaired) electrons. The van der Waals surface area contributed by atoms with Gasteiger partial charge >= 0.3 is 0 Å². The third kappa shape index (κ3) is 4.54. The van der Waals surface area contributed by atoms with Crippen LogP contribution in [0.1, 0.15) is 0 Å². The zero-order valence-electron chi connectivity index (χ0n) is 25.4. The lowest BCUT2D eigenvalue weighted by Crippen LogP contribution is -2.24. The van der Waals surface area contributed by atoms with Gasteiger partial charge in [0.15, 0.2) is 7.14 Å². The first-order valence-corrected chi connectivity index (χ1v) is 18.3. The number of pyridine rings is 1. The quantitative estimate of drug-likeness (QED) is 0.139. The number of fused-ring (bicyclic) bond motifs is 7. The number of thiophene rings is 1. The fraction of sp³-hybridized carbons (Fsp3) is 0. The van der Waals surface area contributed by atoms with Crippen LogP contribution in [0.25, 0.3) is 64.2 Å². The van der Waals surface area contributed by atoms with Gasteiger partial charge in [-0.1, -0.05) is 164 Å². The number of aromatic nitrogens is 1. The highest BCUT2D eigenvalue weighted by Crippen LogP contribution is 2.45. The summed E-state index contributed by atoms with van der Waals surface area (Å²) in [6.07, 6.45) is 0. The standard InChI is InChI=1S/C43H28NOPS/c45-46(33-12-3-1-4-13-33,34-14-5-2-6-15-34)35-26-23-30(24-27-35)29-19-21-32(22-20-29)41-43-40(37-17-9-10-18-39(37)47-43)38-28-25-31-11-7-8-16-36(31)42(38)44-41/h1-28H. The zero-order valence-corrected chi connectivity index (χ0v) is 27.1. The average molecular weight is 638 g/mol. The van der Waals surface area contributed by atoms with Crippen LogP contribution in [-0.4, -0.2) is 4.98 Å². The Morgan fingerprint density at radius 1 is 0.447 bits per heavy atom. The maximum Gasteiger partial charge on any atom is 0.171 e. The molecule has 2 nitrogen and oxygen atoms in total. The molecule has 0 aliphatic heterocycles. The van der Waals surface area contributed by atoms with Crippen LogP contribution in [0, 0.1) is 0 Å². The minimum atomic E-state index is -3.02. The molecule has 0 N–H and O–H groups in total. The molecule has 7 aromatic carbocycles. The van der Waals surface area contributed by atoms with Gasteiger partial charge < -0.3 is 4.57 Å². The largest absolute Gasteiger partial charge is 0.309 e. The summed E-state index contributed by atoms with van der Waals surface area (Å²) < 4.78 is 17.3. The topological polar surface area (TPSA) is 30.0 Å². The van der Waals surface area contributed by atoms with Crippen LogP contribution in [0.15, 0.2) is 170 Å². The highest BCUT2D eigenvalue weighted by Gasteiger charge is 2.29. The predicted octanol–water partition coefficient (Wildman–Crippen LogP) is 10.7. The minimum Gasteiger partial charge on any atom is -0.309 e. The molecule has 9 aromatic rings. The lowest BCUT2D eigenvalue weighted by molar-refractivity contribution is 0.592. The van der Waals surface area contributed by atoms with Gasteiger partial charge in [0.25, 0.3) is 0 Å². The number of hydrogen-bond donors (Lipinski definition) is 0. The van der Waals surface area contributed by atoms with Crippen molar-refractivity contribution in [3.05, 3.63) is 170 Å². The fourth-order valence-electron chi connectivity index (χ4n) is 6.82. The van der Waals surface area contributed by atoms with E-state index >= 15 is 0 Å². The fourth-order valence-corrected chi connectivity index (χ4v) is 10.7. The van der Waals surface area contributed by atoms with Crippen molar-refractivity contribution in [2.24, 2.45) is 0 Å². The monoisotopic (exact) mass is 637 g/mol. The highest BCUT2D eigenvalue weighted by molar-refractivity contribution is 7.85. The van der Waals surface area contributed by atoms with Gasteiger partial charge in [-0.2, -0.15) is 0 Å². The van der Waals surface area contributed by atoms with E-state index in [-0.39, 0.29) is 0 Å². The molecule has 9 rings (SSSR count). The number of nitrogens with zero attached hydrogens (tertiary/aromatic N) is 1. The summed E-state index contributed by atoms with van der Waals surface area (Å²) in [5.74, 6) is 0. The Morgan fingerprint density at radius 3 is 1.66 bits per heavy atom. The lowest BCUT2D eigenvalue weighted by atomic mass is 9.98. The van der Waals surface area contributed by atoms with E-state index in [1.807, 2.05) is 84.1 Å². The summed E-state index contributed by atoms with van der Waals surface area (Å²) in [4.78, 5) is 5.38. The van der Waals surface area contributed by atoms with Crippen LogP contribution in [0.5, 0.6) is 0 Å². The van der Waals surface area contributed by atoms with Gasteiger partial charge in [-0.25, -0.2) is 4.98 Å². The Morgan fingerprint density at radius 2 is 0.979 bits per heavy atom. The van der Waals surface area contributed by atoms with Gasteiger partial charge in [0.1, 0.15) is 0 Å². The molecule has 0 fully saturated rings. The molecule has 0 atom stereocenters. The summed E-state index contributed by atoms with van der Waals surface area (Å²) in [6, 6.07) is 58.2. The molecule has 222 valence electrons. The molecule has 2 aromatic heterocycles. The first-order chi connectivity index (χ1) is 23.2. The molecule has 0 saturated carbocycles. The van der Waals surface area contributed by atoms with Crippen molar-refractivity contribution in [1.82, 2.24) is 4.98 Å². The van der Waals surface area contributed by atoms with Gasteiger partial charge in [-0.3, -0.25) is 0 Å². The van der Waals surface area contributed by atoms with E-state index < -0.39 is 7.14 Å². The molecule has 0 amide bonds. The summed E-state index contributed by atoms with van der Waals surface area (Å²) in [5, 5.41) is 8.62. The van der Waals surface area contributed by atoms with E-state index in [9.17, 15) is 4.57 Å². The molecule has 0 aliphatic carbocycles. The van der Waals surface area contributed by atoms with Crippen molar-refractivity contribution in [2.45, 2.75) is 0 Å². The molecular formula is C43H28NOPS. The molecule has 0 spiro atoms. The normalized spacial score (nSPS) is 11.9. The SMILES string of the molecule is O=P(c1ccccc1)(c1ccccc1)c1ccc(-c2ccc(-c3nc4c5ccccc5ccc4c4c3sc3ccccc34)cc2)cc1. The molecule has 2 heterocycles. The van der Waals surface area contributed by atoms with Gasteiger partial charge in [0.2, 0.25) is 0 Å². The van der Waals surface area contributed by atoms with Crippen molar-refractivity contribution in [1.29, 1.82) is 0 Å². The van der Waals surface area contributed by atoms with Crippen molar-refractivity contribution in [2.75, 3.05) is 0 Å². The van der Waals surface area contributed by atoms with Crippen LogP contribution >= 0.6 is 18.5 Å². The first kappa shape index (κ1) is 27.9. The molecule has 0 unspecified atom stereocenters. The Balaban J connectivity index is 1.15. The summed E-state index contributed by atoms with van der Waals surface area (Å²) in [5.41, 5.74) is 5.33. The summed E-state index contributed by atoms with van der Waals surface area (Å²) in [6.45, 7) is 0. The maximum atomic E-state index is 14.8. The second-order valence-corrected chi connectivity index (χ2v) is 15.7. The van der Waals surface area contributed by atoms with E-state index in [1.165, 1.54) is 36.3 Å². The summed E-state index contributed by atoms with van der Waals surface area (Å²) in [7, 11) is -3.02. The first-order valence-electron chi connectivity index (χ1n) is 15.7. The minimum absolute atomic E-state index is 0.829. The highest BCUT2D eigenvalue weighted by atomic mass is 32.1. The molecule has 4 heteroatoms. The molecule has 47 heavy (non-hydrogen) atoms. The van der Waals surface area contributed by atoms with Gasteiger partial charge in [0, 0.05) is 47.7 Å². The van der Waals surface area contributed by atoms with E-state index in [4.69, 9.17) is 4.98 Å². The summed E-state index contributed by atoms with van der Waals surface area (Å²) >= 11 is 1.82. The third-order valence-electron chi connectivity index (χ3n) is 9.17. The number of rotatable bonds is 5. The van der Waals surface area contributed by atoms with E-state index in [1.54, 1.807) is 0 Å². The van der Waals surface area contributed by atoms with Gasteiger partial charge in [-0.05, 0) is 22.6 Å². The zero-order chi connectivity index (χ0) is 31.4. The van der Waals surface area contributed by atoms with Crippen LogP contribution in [0.2, 0.25) is 0 Å². The smallest absolute Gasteiger partial charge is 0.171 e. The molecule has 0 aliphatic rings. The van der Waals surface area contributed by atoms with Crippen LogP contribution < -0.4 is 15.9 Å². The maximum absolute atomic E-state index is 14.8. The second kappa shape index (κ2) is 11.2. The van der Waals surface area contributed by atoms with E-state index in [2.05, 4.69) is 97.1 Å². The number of benzene rings is 7. The van der Waals surface area contributed by atoms with Crippen molar-refractivity contribution in [3.8, 4) is 22.4 Å².